The van der Waals surface area contributed by atoms with E-state index in [-0.39, 0.29) is 12.1 Å². The molecule has 1 aromatic rings. The van der Waals surface area contributed by atoms with E-state index in [0.717, 1.165) is 22.1 Å². The molecule has 0 radical (unpaired) electrons. The predicted molar refractivity (Wildman–Crippen MR) is 83.6 cm³/mol. The van der Waals surface area contributed by atoms with Gasteiger partial charge in [0.15, 0.2) is 0 Å². The molecule has 1 heterocycles. The van der Waals surface area contributed by atoms with Crippen molar-refractivity contribution in [1.82, 2.24) is 0 Å². The van der Waals surface area contributed by atoms with E-state index in [4.69, 9.17) is 31.5 Å². The van der Waals surface area contributed by atoms with Crippen LogP contribution in [0.3, 0.4) is 0 Å². The van der Waals surface area contributed by atoms with Crippen LogP contribution in [0.25, 0.3) is 0 Å². The number of thiophene rings is 1. The summed E-state index contributed by atoms with van der Waals surface area (Å²) in [6.45, 7) is 4.60. The molecule has 1 rings (SSSR count). The summed E-state index contributed by atoms with van der Waals surface area (Å²) in [5, 5.41) is 0. The minimum absolute atomic E-state index is 0.0147. The van der Waals surface area contributed by atoms with Crippen molar-refractivity contribution >= 4 is 22.9 Å². The van der Waals surface area contributed by atoms with Gasteiger partial charge in [0.1, 0.15) is 6.10 Å². The maximum absolute atomic E-state index is 6.13. The molecule has 116 valence electrons. The van der Waals surface area contributed by atoms with Crippen molar-refractivity contribution in [2.24, 2.45) is 5.73 Å². The van der Waals surface area contributed by atoms with Gasteiger partial charge in [-0.1, -0.05) is 18.5 Å². The van der Waals surface area contributed by atoms with Crippen molar-refractivity contribution in [2.75, 3.05) is 33.5 Å². The normalized spacial score (nSPS) is 14.4. The highest BCUT2D eigenvalue weighted by atomic mass is 35.5. The number of nitrogens with two attached hydrogens (primary N) is 1. The SMILES string of the molecule is CCC(N)C(OCCCOCCOC)c1ccc(Cl)s1. The Balaban J connectivity index is 2.31. The van der Waals surface area contributed by atoms with Crippen LogP contribution in [-0.4, -0.2) is 39.6 Å². The van der Waals surface area contributed by atoms with Crippen LogP contribution in [0.4, 0.5) is 0 Å². The molecule has 0 spiro atoms. The summed E-state index contributed by atoms with van der Waals surface area (Å²) in [5.41, 5.74) is 6.13. The molecule has 0 amide bonds. The standard InChI is InChI=1S/C14H24ClNO3S/c1-3-11(16)14(12-5-6-13(15)20-12)19-8-4-7-18-10-9-17-2/h5-6,11,14H,3-4,7-10,16H2,1-2H3. The highest BCUT2D eigenvalue weighted by Crippen LogP contribution is 2.31. The van der Waals surface area contributed by atoms with Crippen molar-refractivity contribution in [1.29, 1.82) is 0 Å². The number of rotatable bonds is 11. The Hall–Kier alpha value is -0.170. The van der Waals surface area contributed by atoms with Crippen LogP contribution in [0.5, 0.6) is 0 Å². The molecule has 0 aliphatic carbocycles. The second-order valence-corrected chi connectivity index (χ2v) is 6.21. The molecule has 2 N–H and O–H groups in total. The molecule has 20 heavy (non-hydrogen) atoms. The van der Waals surface area contributed by atoms with Gasteiger partial charge in [-0.2, -0.15) is 0 Å². The summed E-state index contributed by atoms with van der Waals surface area (Å²) in [4.78, 5) is 1.09. The summed E-state index contributed by atoms with van der Waals surface area (Å²) in [6, 6.07) is 3.86. The largest absolute Gasteiger partial charge is 0.382 e. The molecule has 1 aromatic heterocycles. The number of hydrogen-bond acceptors (Lipinski definition) is 5. The third-order valence-corrected chi connectivity index (χ3v) is 4.19. The van der Waals surface area contributed by atoms with E-state index in [9.17, 15) is 0 Å². The van der Waals surface area contributed by atoms with Crippen molar-refractivity contribution in [3.05, 3.63) is 21.3 Å². The summed E-state index contributed by atoms with van der Waals surface area (Å²) < 4.78 is 17.0. The zero-order valence-electron chi connectivity index (χ0n) is 12.1. The quantitative estimate of drug-likeness (QED) is 0.636. The molecular weight excluding hydrogens is 298 g/mol. The molecule has 6 heteroatoms. The molecule has 0 aliphatic rings. The second-order valence-electron chi connectivity index (χ2n) is 4.46. The maximum Gasteiger partial charge on any atom is 0.107 e. The lowest BCUT2D eigenvalue weighted by molar-refractivity contribution is 0.0129. The highest BCUT2D eigenvalue weighted by Gasteiger charge is 2.20. The Bertz CT molecular complexity index is 362. The van der Waals surface area contributed by atoms with E-state index < -0.39 is 0 Å². The van der Waals surface area contributed by atoms with Crippen LogP contribution in [-0.2, 0) is 14.2 Å². The maximum atomic E-state index is 6.13. The Morgan fingerprint density at radius 3 is 2.65 bits per heavy atom. The van der Waals surface area contributed by atoms with Crippen LogP contribution in [0, 0.1) is 0 Å². The van der Waals surface area contributed by atoms with Crippen molar-refractivity contribution < 1.29 is 14.2 Å². The van der Waals surface area contributed by atoms with Gasteiger partial charge >= 0.3 is 0 Å². The topological polar surface area (TPSA) is 53.7 Å². The van der Waals surface area contributed by atoms with Gasteiger partial charge in [0, 0.05) is 31.2 Å². The highest BCUT2D eigenvalue weighted by molar-refractivity contribution is 7.16. The zero-order chi connectivity index (χ0) is 14.8. The van der Waals surface area contributed by atoms with Crippen molar-refractivity contribution in [3.8, 4) is 0 Å². The lowest BCUT2D eigenvalue weighted by Crippen LogP contribution is -2.29. The number of ether oxygens (including phenoxy) is 3. The van der Waals surface area contributed by atoms with Gasteiger partial charge in [-0.25, -0.2) is 0 Å². The average Bonchev–Trinajstić information content (AvgIpc) is 2.87. The minimum Gasteiger partial charge on any atom is -0.382 e. The van der Waals surface area contributed by atoms with E-state index in [1.165, 1.54) is 11.3 Å². The molecule has 0 fully saturated rings. The van der Waals surface area contributed by atoms with E-state index >= 15 is 0 Å². The first-order valence-electron chi connectivity index (χ1n) is 6.88. The number of halogens is 1. The molecule has 0 bridgehead atoms. The van der Waals surface area contributed by atoms with Gasteiger partial charge in [-0.05, 0) is 25.0 Å². The first-order valence-corrected chi connectivity index (χ1v) is 8.07. The first kappa shape index (κ1) is 17.9. The summed E-state index contributed by atoms with van der Waals surface area (Å²) >= 11 is 7.50. The Kier molecular flexibility index (Phi) is 9.42. The van der Waals surface area contributed by atoms with Crippen molar-refractivity contribution in [2.45, 2.75) is 31.9 Å². The monoisotopic (exact) mass is 321 g/mol. The Morgan fingerprint density at radius 1 is 1.25 bits per heavy atom. The fraction of sp³-hybridized carbons (Fsp3) is 0.714. The number of hydrogen-bond donors (Lipinski definition) is 1. The second kappa shape index (κ2) is 10.5. The van der Waals surface area contributed by atoms with E-state index in [1.54, 1.807) is 7.11 Å². The molecule has 0 aliphatic heterocycles. The van der Waals surface area contributed by atoms with Gasteiger partial charge in [0.05, 0.1) is 17.6 Å². The first-order chi connectivity index (χ1) is 9.69. The van der Waals surface area contributed by atoms with Crippen LogP contribution in [0.2, 0.25) is 4.34 Å². The average molecular weight is 322 g/mol. The Labute approximate surface area is 130 Å². The minimum atomic E-state index is -0.0866. The fourth-order valence-electron chi connectivity index (χ4n) is 1.73. The molecular formula is C14H24ClNO3S. The van der Waals surface area contributed by atoms with Gasteiger partial charge in [0.25, 0.3) is 0 Å². The smallest absolute Gasteiger partial charge is 0.107 e. The third-order valence-electron chi connectivity index (χ3n) is 2.90. The molecule has 2 atom stereocenters. The van der Waals surface area contributed by atoms with E-state index in [0.29, 0.717) is 26.4 Å². The lowest BCUT2D eigenvalue weighted by atomic mass is 10.1. The third kappa shape index (κ3) is 6.52. The van der Waals surface area contributed by atoms with Crippen LogP contribution >= 0.6 is 22.9 Å². The van der Waals surface area contributed by atoms with Crippen molar-refractivity contribution in [3.63, 3.8) is 0 Å². The predicted octanol–water partition coefficient (Wildman–Crippen LogP) is 3.25. The zero-order valence-corrected chi connectivity index (χ0v) is 13.7. The van der Waals surface area contributed by atoms with Crippen LogP contribution in [0.15, 0.2) is 12.1 Å². The fourth-order valence-corrected chi connectivity index (χ4v) is 2.91. The van der Waals surface area contributed by atoms with Crippen LogP contribution < -0.4 is 5.73 Å². The molecule has 4 nitrogen and oxygen atoms in total. The van der Waals surface area contributed by atoms with E-state index in [2.05, 4.69) is 6.92 Å². The summed E-state index contributed by atoms with van der Waals surface area (Å²) in [7, 11) is 1.66. The molecule has 0 saturated carbocycles. The molecule has 2 unspecified atom stereocenters. The van der Waals surface area contributed by atoms with Gasteiger partial charge < -0.3 is 19.9 Å². The van der Waals surface area contributed by atoms with Gasteiger partial charge in [-0.3, -0.25) is 0 Å². The lowest BCUT2D eigenvalue weighted by Gasteiger charge is -2.22. The van der Waals surface area contributed by atoms with Gasteiger partial charge in [0.2, 0.25) is 0 Å². The summed E-state index contributed by atoms with van der Waals surface area (Å²) in [5.74, 6) is 0. The molecule has 0 saturated heterocycles. The Morgan fingerprint density at radius 2 is 2.05 bits per heavy atom. The van der Waals surface area contributed by atoms with Crippen LogP contribution in [0.1, 0.15) is 30.7 Å². The summed E-state index contributed by atoms with van der Waals surface area (Å²) in [6.07, 6.45) is 1.62. The molecule has 0 aromatic carbocycles. The van der Waals surface area contributed by atoms with E-state index in [1.807, 2.05) is 12.1 Å². The van der Waals surface area contributed by atoms with Gasteiger partial charge in [-0.15, -0.1) is 11.3 Å². The number of methoxy groups -OCH3 is 1.